The van der Waals surface area contributed by atoms with Crippen molar-refractivity contribution in [2.45, 2.75) is 45.9 Å². The first-order chi connectivity index (χ1) is 9.22. The standard InChI is InChI=1S/C15H26N2O2/c1-4-17(10-14-6-5-7-18-14)11-15-8-13(9-16-3)12(2)19-15/h8,14,16H,4-7,9-11H2,1-3H3. The molecule has 1 aliphatic heterocycles. The number of hydrogen-bond acceptors (Lipinski definition) is 4. The Labute approximate surface area is 116 Å². The summed E-state index contributed by atoms with van der Waals surface area (Å²) in [6, 6.07) is 2.17. The maximum absolute atomic E-state index is 5.84. The van der Waals surface area contributed by atoms with Crippen LogP contribution in [0.25, 0.3) is 0 Å². The minimum Gasteiger partial charge on any atom is -0.465 e. The first-order valence-corrected chi connectivity index (χ1v) is 7.29. The summed E-state index contributed by atoms with van der Waals surface area (Å²) in [6.45, 7) is 8.94. The van der Waals surface area contributed by atoms with Crippen LogP contribution in [0.4, 0.5) is 0 Å². The van der Waals surface area contributed by atoms with Crippen LogP contribution in [-0.2, 0) is 17.8 Å². The molecule has 2 rings (SSSR count). The maximum Gasteiger partial charge on any atom is 0.118 e. The van der Waals surface area contributed by atoms with Gasteiger partial charge in [0.25, 0.3) is 0 Å². The van der Waals surface area contributed by atoms with Crippen LogP contribution in [0.15, 0.2) is 10.5 Å². The Morgan fingerprint density at radius 2 is 2.32 bits per heavy atom. The fourth-order valence-electron chi connectivity index (χ4n) is 2.63. The van der Waals surface area contributed by atoms with Crippen LogP contribution >= 0.6 is 0 Å². The van der Waals surface area contributed by atoms with E-state index in [1.54, 1.807) is 0 Å². The third-order valence-electron chi connectivity index (χ3n) is 3.75. The molecule has 1 aromatic heterocycles. The van der Waals surface area contributed by atoms with E-state index in [-0.39, 0.29) is 0 Å². The second-order valence-corrected chi connectivity index (χ2v) is 5.29. The van der Waals surface area contributed by atoms with E-state index in [2.05, 4.69) is 23.2 Å². The molecular formula is C15H26N2O2. The number of ether oxygens (including phenoxy) is 1. The van der Waals surface area contributed by atoms with Gasteiger partial charge in [0.2, 0.25) is 0 Å². The minimum atomic E-state index is 0.410. The van der Waals surface area contributed by atoms with Gasteiger partial charge in [0.1, 0.15) is 11.5 Å². The molecule has 0 amide bonds. The third kappa shape index (κ3) is 4.06. The van der Waals surface area contributed by atoms with Crippen molar-refractivity contribution < 1.29 is 9.15 Å². The van der Waals surface area contributed by atoms with Crippen LogP contribution in [0.2, 0.25) is 0 Å². The molecule has 0 spiro atoms. The average Bonchev–Trinajstić information content (AvgIpc) is 3.00. The molecule has 4 nitrogen and oxygen atoms in total. The molecular weight excluding hydrogens is 240 g/mol. The van der Waals surface area contributed by atoms with Gasteiger partial charge in [-0.1, -0.05) is 6.92 Å². The SMILES string of the molecule is CCN(Cc1cc(CNC)c(C)o1)CC1CCCO1. The van der Waals surface area contributed by atoms with Crippen LogP contribution in [0.5, 0.6) is 0 Å². The molecule has 0 radical (unpaired) electrons. The highest BCUT2D eigenvalue weighted by atomic mass is 16.5. The normalized spacial score (nSPS) is 19.5. The smallest absolute Gasteiger partial charge is 0.118 e. The van der Waals surface area contributed by atoms with Gasteiger partial charge >= 0.3 is 0 Å². The van der Waals surface area contributed by atoms with Crippen molar-refractivity contribution in [3.8, 4) is 0 Å². The Morgan fingerprint density at radius 1 is 1.47 bits per heavy atom. The van der Waals surface area contributed by atoms with Gasteiger partial charge in [-0.2, -0.15) is 0 Å². The van der Waals surface area contributed by atoms with Crippen molar-refractivity contribution in [1.82, 2.24) is 10.2 Å². The van der Waals surface area contributed by atoms with E-state index in [0.717, 1.165) is 44.3 Å². The summed E-state index contributed by atoms with van der Waals surface area (Å²) < 4.78 is 11.5. The van der Waals surface area contributed by atoms with Crippen molar-refractivity contribution in [2.75, 3.05) is 26.7 Å². The summed E-state index contributed by atoms with van der Waals surface area (Å²) >= 11 is 0. The predicted molar refractivity (Wildman–Crippen MR) is 76.1 cm³/mol. The number of aryl methyl sites for hydroxylation is 1. The topological polar surface area (TPSA) is 37.6 Å². The molecule has 0 aromatic carbocycles. The number of nitrogens with zero attached hydrogens (tertiary/aromatic N) is 1. The second-order valence-electron chi connectivity index (χ2n) is 5.29. The zero-order valence-corrected chi connectivity index (χ0v) is 12.4. The molecule has 1 unspecified atom stereocenters. The first-order valence-electron chi connectivity index (χ1n) is 7.29. The van der Waals surface area contributed by atoms with Crippen molar-refractivity contribution >= 4 is 0 Å². The third-order valence-corrected chi connectivity index (χ3v) is 3.75. The first kappa shape index (κ1) is 14.6. The van der Waals surface area contributed by atoms with Gasteiger partial charge in [0.05, 0.1) is 12.6 Å². The molecule has 1 aliphatic rings. The molecule has 1 saturated heterocycles. The quantitative estimate of drug-likeness (QED) is 0.822. The fraction of sp³-hybridized carbons (Fsp3) is 0.733. The largest absolute Gasteiger partial charge is 0.465 e. The fourth-order valence-corrected chi connectivity index (χ4v) is 2.63. The Bertz CT molecular complexity index is 383. The Hall–Kier alpha value is -0.840. The van der Waals surface area contributed by atoms with Gasteiger partial charge in [-0.3, -0.25) is 4.90 Å². The highest BCUT2D eigenvalue weighted by Crippen LogP contribution is 2.18. The van der Waals surface area contributed by atoms with Gasteiger partial charge in [-0.15, -0.1) is 0 Å². The van der Waals surface area contributed by atoms with Gasteiger partial charge in [0.15, 0.2) is 0 Å². The molecule has 19 heavy (non-hydrogen) atoms. The molecule has 4 heteroatoms. The molecule has 1 N–H and O–H groups in total. The number of furan rings is 1. The van der Waals surface area contributed by atoms with Crippen LogP contribution in [-0.4, -0.2) is 37.7 Å². The van der Waals surface area contributed by atoms with Gasteiger partial charge in [-0.25, -0.2) is 0 Å². The number of hydrogen-bond donors (Lipinski definition) is 1. The summed E-state index contributed by atoms with van der Waals surface area (Å²) in [4.78, 5) is 2.40. The highest BCUT2D eigenvalue weighted by Gasteiger charge is 2.19. The van der Waals surface area contributed by atoms with E-state index in [9.17, 15) is 0 Å². The lowest BCUT2D eigenvalue weighted by atomic mass is 10.2. The Balaban J connectivity index is 1.91. The second kappa shape index (κ2) is 7.08. The monoisotopic (exact) mass is 266 g/mol. The van der Waals surface area contributed by atoms with Crippen LogP contribution in [0.3, 0.4) is 0 Å². The predicted octanol–water partition coefficient (Wildman–Crippen LogP) is 2.31. The lowest BCUT2D eigenvalue weighted by molar-refractivity contribution is 0.0702. The van der Waals surface area contributed by atoms with Crippen LogP contribution in [0.1, 0.15) is 36.8 Å². The van der Waals surface area contributed by atoms with E-state index in [1.165, 1.54) is 18.4 Å². The Morgan fingerprint density at radius 3 is 2.95 bits per heavy atom. The van der Waals surface area contributed by atoms with E-state index in [1.807, 2.05) is 14.0 Å². The van der Waals surface area contributed by atoms with E-state index < -0.39 is 0 Å². The van der Waals surface area contributed by atoms with Crippen molar-refractivity contribution in [2.24, 2.45) is 0 Å². The highest BCUT2D eigenvalue weighted by molar-refractivity contribution is 5.20. The summed E-state index contributed by atoms with van der Waals surface area (Å²) in [5.41, 5.74) is 1.26. The average molecular weight is 266 g/mol. The molecule has 108 valence electrons. The molecule has 1 fully saturated rings. The summed E-state index contributed by atoms with van der Waals surface area (Å²) in [7, 11) is 1.96. The number of nitrogens with one attached hydrogen (secondary N) is 1. The van der Waals surface area contributed by atoms with Crippen molar-refractivity contribution in [1.29, 1.82) is 0 Å². The summed E-state index contributed by atoms with van der Waals surface area (Å²) in [5.74, 6) is 2.08. The molecule has 1 aromatic rings. The zero-order valence-electron chi connectivity index (χ0n) is 12.4. The maximum atomic E-state index is 5.84. The van der Waals surface area contributed by atoms with Crippen molar-refractivity contribution in [3.05, 3.63) is 23.2 Å². The molecule has 0 saturated carbocycles. The summed E-state index contributed by atoms with van der Waals surface area (Å²) in [5, 5.41) is 3.17. The molecule has 1 atom stereocenters. The van der Waals surface area contributed by atoms with Gasteiger partial charge in [0, 0.05) is 25.3 Å². The van der Waals surface area contributed by atoms with E-state index in [0.29, 0.717) is 6.10 Å². The van der Waals surface area contributed by atoms with Gasteiger partial charge in [-0.05, 0) is 39.4 Å². The minimum absolute atomic E-state index is 0.410. The van der Waals surface area contributed by atoms with Gasteiger partial charge < -0.3 is 14.5 Å². The molecule has 0 bridgehead atoms. The van der Waals surface area contributed by atoms with Crippen LogP contribution < -0.4 is 5.32 Å². The number of rotatable bonds is 7. The van der Waals surface area contributed by atoms with Crippen LogP contribution in [0, 0.1) is 6.92 Å². The molecule has 2 heterocycles. The Kier molecular flexibility index (Phi) is 5.43. The zero-order chi connectivity index (χ0) is 13.7. The van der Waals surface area contributed by atoms with Crippen molar-refractivity contribution in [3.63, 3.8) is 0 Å². The number of likely N-dealkylation sites (N-methyl/N-ethyl adjacent to an activating group) is 1. The summed E-state index contributed by atoms with van der Waals surface area (Å²) in [6.07, 6.45) is 2.81. The van der Waals surface area contributed by atoms with E-state index in [4.69, 9.17) is 9.15 Å². The lowest BCUT2D eigenvalue weighted by Crippen LogP contribution is -2.31. The lowest BCUT2D eigenvalue weighted by Gasteiger charge is -2.22. The molecule has 0 aliphatic carbocycles. The van der Waals surface area contributed by atoms with E-state index >= 15 is 0 Å².